The summed E-state index contributed by atoms with van der Waals surface area (Å²) in [5, 5.41) is 34.5. The zero-order chi connectivity index (χ0) is 25.7. The van der Waals surface area contributed by atoms with Gasteiger partial charge in [-0.15, -0.1) is 0 Å². The van der Waals surface area contributed by atoms with Gasteiger partial charge in [-0.1, -0.05) is 0 Å². The highest BCUT2D eigenvalue weighted by atomic mass is 16.4. The van der Waals surface area contributed by atoms with Crippen molar-refractivity contribution in [3.63, 3.8) is 0 Å². The summed E-state index contributed by atoms with van der Waals surface area (Å²) in [6.45, 7) is -1.42. The molecule has 1 heterocycles. The monoisotopic (exact) mass is 485 g/mol. The number of aromatic amines is 1. The number of nitrogens with two attached hydrogens (primary N) is 3. The third-order valence-electron chi connectivity index (χ3n) is 4.53. The first-order valence-electron chi connectivity index (χ1n) is 10.2. The Kier molecular flexibility index (Phi) is 12.0. The number of nitrogens with one attached hydrogen (secondary N) is 4. The van der Waals surface area contributed by atoms with E-state index in [1.54, 1.807) is 0 Å². The molecule has 1 aromatic heterocycles. The van der Waals surface area contributed by atoms with E-state index in [2.05, 4.69) is 30.9 Å². The summed E-state index contributed by atoms with van der Waals surface area (Å²) in [6, 6.07) is -5.37. The molecule has 0 saturated heterocycles. The van der Waals surface area contributed by atoms with E-state index in [4.69, 9.17) is 27.4 Å². The number of carboxylic acids is 1. The predicted molar refractivity (Wildman–Crippen MR) is 118 cm³/mol. The van der Waals surface area contributed by atoms with Crippen LogP contribution >= 0.6 is 0 Å². The summed E-state index contributed by atoms with van der Waals surface area (Å²) < 4.78 is 0. The average molecular weight is 486 g/mol. The molecule has 13 N–H and O–H groups in total. The Hall–Kier alpha value is -3.76. The Morgan fingerprint density at radius 3 is 2.12 bits per heavy atom. The number of aliphatic hydroxyl groups is 2. The van der Waals surface area contributed by atoms with Crippen LogP contribution in [0.1, 0.15) is 18.5 Å². The van der Waals surface area contributed by atoms with Crippen molar-refractivity contribution in [2.24, 2.45) is 22.2 Å². The third kappa shape index (κ3) is 9.80. The number of imidazole rings is 1. The van der Waals surface area contributed by atoms with E-state index in [0.717, 1.165) is 0 Å². The van der Waals surface area contributed by atoms with Crippen molar-refractivity contribution in [1.82, 2.24) is 25.9 Å². The predicted octanol–water partition coefficient (Wildman–Crippen LogP) is -5.14. The zero-order valence-corrected chi connectivity index (χ0v) is 18.3. The summed E-state index contributed by atoms with van der Waals surface area (Å²) in [7, 11) is 0. The molecule has 190 valence electrons. The third-order valence-corrected chi connectivity index (χ3v) is 4.53. The molecule has 4 atom stereocenters. The molecule has 1 rings (SSSR count). The molecule has 0 aliphatic rings. The van der Waals surface area contributed by atoms with Crippen LogP contribution < -0.4 is 33.2 Å². The van der Waals surface area contributed by atoms with Crippen molar-refractivity contribution in [1.29, 1.82) is 0 Å². The first-order chi connectivity index (χ1) is 16.1. The lowest BCUT2D eigenvalue weighted by molar-refractivity contribution is -0.143. The minimum Gasteiger partial charge on any atom is -0.480 e. The molecular formula is C18H31N9O7. The Labute approximate surface area is 194 Å². The van der Waals surface area contributed by atoms with Gasteiger partial charge in [-0.25, -0.2) is 9.78 Å². The van der Waals surface area contributed by atoms with E-state index in [-0.39, 0.29) is 25.3 Å². The van der Waals surface area contributed by atoms with Gasteiger partial charge in [-0.2, -0.15) is 0 Å². The van der Waals surface area contributed by atoms with E-state index in [0.29, 0.717) is 12.1 Å². The van der Waals surface area contributed by atoms with E-state index in [1.165, 1.54) is 12.5 Å². The van der Waals surface area contributed by atoms with Crippen LogP contribution in [0.15, 0.2) is 17.5 Å². The van der Waals surface area contributed by atoms with Crippen molar-refractivity contribution >= 4 is 29.7 Å². The number of nitrogens with zero attached hydrogens (tertiary/aromatic N) is 2. The average Bonchev–Trinajstić information content (AvgIpc) is 3.30. The molecule has 0 aromatic carbocycles. The lowest BCUT2D eigenvalue weighted by atomic mass is 10.1. The largest absolute Gasteiger partial charge is 0.480 e. The van der Waals surface area contributed by atoms with E-state index in [9.17, 15) is 24.3 Å². The number of aliphatic carboxylic acids is 1. The smallest absolute Gasteiger partial charge is 0.328 e. The second-order valence-electron chi connectivity index (χ2n) is 7.22. The molecule has 0 aliphatic heterocycles. The Bertz CT molecular complexity index is 843. The number of rotatable bonds is 15. The lowest BCUT2D eigenvalue weighted by Gasteiger charge is -2.24. The second-order valence-corrected chi connectivity index (χ2v) is 7.22. The van der Waals surface area contributed by atoms with E-state index < -0.39 is 61.1 Å². The molecule has 1 aromatic rings. The fraction of sp³-hybridized carbons (Fsp3) is 0.556. The minimum absolute atomic E-state index is 0.0996. The van der Waals surface area contributed by atoms with Crippen LogP contribution in [0.25, 0.3) is 0 Å². The zero-order valence-electron chi connectivity index (χ0n) is 18.3. The Morgan fingerprint density at radius 1 is 1.00 bits per heavy atom. The molecule has 0 bridgehead atoms. The lowest BCUT2D eigenvalue weighted by Crippen LogP contribution is -2.58. The number of hydrogen-bond donors (Lipinski definition) is 10. The highest BCUT2D eigenvalue weighted by Gasteiger charge is 2.30. The highest BCUT2D eigenvalue weighted by molar-refractivity contribution is 5.94. The van der Waals surface area contributed by atoms with Gasteiger partial charge in [0.15, 0.2) is 5.96 Å². The quantitative estimate of drug-likeness (QED) is 0.0636. The number of carboxylic acid groups (broad SMARTS) is 1. The maximum absolute atomic E-state index is 12.7. The molecule has 0 saturated carbocycles. The number of aromatic nitrogens is 2. The van der Waals surface area contributed by atoms with Crippen LogP contribution in [0.4, 0.5) is 0 Å². The summed E-state index contributed by atoms with van der Waals surface area (Å²) in [4.78, 5) is 58.9. The molecule has 0 spiro atoms. The van der Waals surface area contributed by atoms with Gasteiger partial charge in [0, 0.05) is 24.9 Å². The number of carbonyl (C=O) groups excluding carboxylic acids is 3. The molecular weight excluding hydrogens is 454 g/mol. The van der Waals surface area contributed by atoms with Gasteiger partial charge >= 0.3 is 5.97 Å². The van der Waals surface area contributed by atoms with Gasteiger partial charge in [0.25, 0.3) is 0 Å². The molecule has 34 heavy (non-hydrogen) atoms. The number of guanidine groups is 1. The van der Waals surface area contributed by atoms with Gasteiger partial charge in [-0.05, 0) is 12.8 Å². The second kappa shape index (κ2) is 14.4. The SMILES string of the molecule is NC(N)=NCCCC(N)C(=O)NC(CO)C(=O)NC(Cc1cnc[nH]1)C(=O)NC(CO)C(=O)O. The van der Waals surface area contributed by atoms with E-state index >= 15 is 0 Å². The molecule has 4 unspecified atom stereocenters. The highest BCUT2D eigenvalue weighted by Crippen LogP contribution is 2.02. The van der Waals surface area contributed by atoms with Gasteiger partial charge in [0.05, 0.1) is 25.6 Å². The van der Waals surface area contributed by atoms with Crippen LogP contribution in [0.5, 0.6) is 0 Å². The number of aliphatic imine (C=N–C) groups is 1. The minimum atomic E-state index is -1.60. The van der Waals surface area contributed by atoms with Crippen molar-refractivity contribution in [3.05, 3.63) is 18.2 Å². The van der Waals surface area contributed by atoms with Crippen LogP contribution in [-0.2, 0) is 25.6 Å². The van der Waals surface area contributed by atoms with Crippen LogP contribution in [-0.4, -0.2) is 98.9 Å². The van der Waals surface area contributed by atoms with Crippen molar-refractivity contribution in [2.75, 3.05) is 19.8 Å². The van der Waals surface area contributed by atoms with Crippen LogP contribution in [0, 0.1) is 0 Å². The summed E-state index contributed by atoms with van der Waals surface area (Å²) in [5.41, 5.74) is 16.6. The molecule has 0 aliphatic carbocycles. The Morgan fingerprint density at radius 2 is 1.59 bits per heavy atom. The first-order valence-corrected chi connectivity index (χ1v) is 10.2. The maximum atomic E-state index is 12.7. The van der Waals surface area contributed by atoms with Gasteiger partial charge in [0.2, 0.25) is 17.7 Å². The van der Waals surface area contributed by atoms with Crippen LogP contribution in [0.2, 0.25) is 0 Å². The van der Waals surface area contributed by atoms with Crippen molar-refractivity contribution in [3.8, 4) is 0 Å². The van der Waals surface area contributed by atoms with E-state index in [1.807, 2.05) is 0 Å². The summed E-state index contributed by atoms with van der Waals surface area (Å²) >= 11 is 0. The Balaban J connectivity index is 2.81. The molecule has 16 nitrogen and oxygen atoms in total. The number of amides is 3. The summed E-state index contributed by atoms with van der Waals surface area (Å²) in [5.74, 6) is -4.13. The molecule has 0 fully saturated rings. The summed E-state index contributed by atoms with van der Waals surface area (Å²) in [6.07, 6.45) is 3.20. The number of H-pyrrole nitrogens is 1. The van der Waals surface area contributed by atoms with Crippen molar-refractivity contribution < 1.29 is 34.5 Å². The van der Waals surface area contributed by atoms with Gasteiger partial charge in [0.1, 0.15) is 18.1 Å². The first kappa shape index (κ1) is 28.3. The fourth-order valence-corrected chi connectivity index (χ4v) is 2.68. The molecule has 0 radical (unpaired) electrons. The normalized spacial score (nSPS) is 14.2. The topological polar surface area (TPSA) is 284 Å². The molecule has 3 amide bonds. The number of aliphatic hydroxyl groups excluding tert-OH is 2. The van der Waals surface area contributed by atoms with Crippen molar-refractivity contribution in [2.45, 2.75) is 43.4 Å². The number of carbonyl (C=O) groups is 4. The van der Waals surface area contributed by atoms with Crippen LogP contribution in [0.3, 0.4) is 0 Å². The fourth-order valence-electron chi connectivity index (χ4n) is 2.68. The molecule has 16 heteroatoms. The van der Waals surface area contributed by atoms with Gasteiger partial charge in [-0.3, -0.25) is 19.4 Å². The van der Waals surface area contributed by atoms with Gasteiger partial charge < -0.3 is 53.5 Å². The number of hydrogen-bond acceptors (Lipinski definition) is 9. The maximum Gasteiger partial charge on any atom is 0.328 e. The standard InChI is InChI=1S/C18H31N9O7/c19-10(2-1-3-23-18(20)21)14(30)26-12(6-28)16(32)25-11(4-9-5-22-8-24-9)15(31)27-13(7-29)17(33)34/h5,8,10-13,28-29H,1-4,6-7,19H2,(H,22,24)(H,25,32)(H,26,30)(H,27,31)(H,33,34)(H4,20,21,23).